The van der Waals surface area contributed by atoms with Gasteiger partial charge in [0.25, 0.3) is 11.1 Å². The number of hydrogen-bond donors (Lipinski definition) is 2. The van der Waals surface area contributed by atoms with Crippen molar-refractivity contribution in [3.8, 4) is 5.69 Å². The summed E-state index contributed by atoms with van der Waals surface area (Å²) in [4.78, 5) is 54.0. The number of aromatic nitrogens is 3. The first-order chi connectivity index (χ1) is 18.6. The molecule has 198 valence electrons. The molecular formula is C28H23FIN5O4. The maximum Gasteiger partial charge on any atom is 0.336 e. The first-order valence-corrected chi connectivity index (χ1v) is 13.8. The van der Waals surface area contributed by atoms with Crippen molar-refractivity contribution in [3.63, 3.8) is 0 Å². The SMILES string of the molecule is Cc1c(=O)n(C)c(Nc2ccc(I)cc2F)c2c(=O)n(C3CC3)c(=O)n(-c3ccc4c(c3)NC(=O)C43CC3)c12. The number of nitrogens with zero attached hydrogens (tertiary/aromatic N) is 3. The van der Waals surface area contributed by atoms with Crippen LogP contribution < -0.4 is 27.4 Å². The average Bonchev–Trinajstić information content (AvgIpc) is 3.81. The molecule has 0 atom stereocenters. The Morgan fingerprint density at radius 1 is 1.05 bits per heavy atom. The lowest BCUT2D eigenvalue weighted by molar-refractivity contribution is -0.117. The highest BCUT2D eigenvalue weighted by Crippen LogP contribution is 2.55. The Morgan fingerprint density at radius 3 is 2.46 bits per heavy atom. The highest BCUT2D eigenvalue weighted by molar-refractivity contribution is 14.1. The number of carbonyl (C=O) groups is 1. The molecule has 3 heterocycles. The van der Waals surface area contributed by atoms with E-state index in [1.807, 2.05) is 28.7 Å². The predicted molar refractivity (Wildman–Crippen MR) is 154 cm³/mol. The number of aryl methyl sites for hydroxylation is 1. The summed E-state index contributed by atoms with van der Waals surface area (Å²) < 4.78 is 19.5. The van der Waals surface area contributed by atoms with E-state index in [9.17, 15) is 23.6 Å². The van der Waals surface area contributed by atoms with Gasteiger partial charge in [0.05, 0.1) is 22.3 Å². The second kappa shape index (κ2) is 8.13. The lowest BCUT2D eigenvalue weighted by Crippen LogP contribution is -2.41. The third kappa shape index (κ3) is 3.41. The number of benzene rings is 2. The minimum Gasteiger partial charge on any atom is -0.338 e. The Morgan fingerprint density at radius 2 is 1.79 bits per heavy atom. The van der Waals surface area contributed by atoms with Gasteiger partial charge in [0.2, 0.25) is 5.91 Å². The number of pyridine rings is 1. The molecule has 1 aliphatic heterocycles. The standard InChI is InChI=1S/C28H23FIN5O4/c1-13-22-21(23(33(2)24(13)36)31-19-8-3-14(30)11-18(19)29)25(37)35(15-4-5-15)27(39)34(22)16-6-7-17-20(12-16)32-26(38)28(17)9-10-28/h3,6-8,11-12,15,31H,4-5,9-10H2,1-2H3,(H,32,38). The summed E-state index contributed by atoms with van der Waals surface area (Å²) >= 11 is 2.00. The molecule has 2 N–H and O–H groups in total. The third-order valence-electron chi connectivity index (χ3n) is 8.15. The normalized spacial score (nSPS) is 17.0. The number of hydrogen-bond acceptors (Lipinski definition) is 5. The van der Waals surface area contributed by atoms with E-state index < -0.39 is 28.0 Å². The minimum absolute atomic E-state index is 0.0501. The van der Waals surface area contributed by atoms with Crippen LogP contribution in [0.1, 0.15) is 42.9 Å². The van der Waals surface area contributed by atoms with Gasteiger partial charge in [-0.25, -0.2) is 9.18 Å². The molecule has 2 fully saturated rings. The lowest BCUT2D eigenvalue weighted by Gasteiger charge is -2.21. The number of carbonyl (C=O) groups excluding carboxylic acids is 1. The Balaban J connectivity index is 1.56. The largest absolute Gasteiger partial charge is 0.338 e. The number of rotatable bonds is 4. The Hall–Kier alpha value is -3.74. The highest BCUT2D eigenvalue weighted by Gasteiger charge is 2.56. The first-order valence-electron chi connectivity index (χ1n) is 12.7. The van der Waals surface area contributed by atoms with Crippen LogP contribution in [0.4, 0.5) is 21.6 Å². The minimum atomic E-state index is -0.553. The summed E-state index contributed by atoms with van der Waals surface area (Å²) in [5.74, 6) is -0.492. The second-order valence-corrected chi connectivity index (χ2v) is 11.8. The van der Waals surface area contributed by atoms with Crippen LogP contribution in [0.2, 0.25) is 0 Å². The summed E-state index contributed by atoms with van der Waals surface area (Å²) in [6.07, 6.45) is 2.92. The van der Waals surface area contributed by atoms with Gasteiger partial charge >= 0.3 is 5.69 Å². The van der Waals surface area contributed by atoms with Gasteiger partial charge in [-0.2, -0.15) is 0 Å². The van der Waals surface area contributed by atoms with Crippen LogP contribution in [0.25, 0.3) is 16.6 Å². The molecule has 7 rings (SSSR count). The molecule has 0 bridgehead atoms. The fourth-order valence-electron chi connectivity index (χ4n) is 5.75. The quantitative estimate of drug-likeness (QED) is 0.329. The van der Waals surface area contributed by atoms with E-state index in [4.69, 9.17) is 0 Å². The van der Waals surface area contributed by atoms with Crippen molar-refractivity contribution in [2.24, 2.45) is 7.05 Å². The molecular weight excluding hydrogens is 616 g/mol. The molecule has 39 heavy (non-hydrogen) atoms. The number of halogens is 2. The molecule has 4 aromatic rings. The van der Waals surface area contributed by atoms with Gasteiger partial charge in [-0.05, 0) is 91.1 Å². The molecule has 11 heteroatoms. The second-order valence-electron chi connectivity index (χ2n) is 10.6. The molecule has 1 spiro atoms. The van der Waals surface area contributed by atoms with Crippen LogP contribution in [0.5, 0.6) is 0 Å². The van der Waals surface area contributed by atoms with Crippen molar-refractivity contribution >= 4 is 56.6 Å². The number of nitrogens with one attached hydrogen (secondary N) is 2. The third-order valence-corrected chi connectivity index (χ3v) is 8.82. The maximum atomic E-state index is 14.9. The van der Waals surface area contributed by atoms with Crippen molar-refractivity contribution in [1.29, 1.82) is 0 Å². The molecule has 9 nitrogen and oxygen atoms in total. The molecule has 0 saturated heterocycles. The van der Waals surface area contributed by atoms with Crippen molar-refractivity contribution < 1.29 is 9.18 Å². The van der Waals surface area contributed by atoms with Gasteiger partial charge < -0.3 is 10.6 Å². The van der Waals surface area contributed by atoms with Crippen LogP contribution in [-0.2, 0) is 17.3 Å². The molecule has 2 aromatic heterocycles. The zero-order valence-corrected chi connectivity index (χ0v) is 23.3. The number of amides is 1. The average molecular weight is 639 g/mol. The summed E-state index contributed by atoms with van der Waals surface area (Å²) in [6.45, 7) is 1.57. The molecule has 1 amide bonds. The summed E-state index contributed by atoms with van der Waals surface area (Å²) in [5.41, 5.74) is 0.404. The maximum absolute atomic E-state index is 14.9. The Kier molecular flexibility index (Phi) is 5.07. The first kappa shape index (κ1) is 24.3. The highest BCUT2D eigenvalue weighted by atomic mass is 127. The van der Waals surface area contributed by atoms with Gasteiger partial charge in [-0.15, -0.1) is 0 Å². The van der Waals surface area contributed by atoms with Crippen molar-refractivity contribution in [1.82, 2.24) is 13.7 Å². The molecule has 2 aliphatic carbocycles. The van der Waals surface area contributed by atoms with Crippen molar-refractivity contribution in [2.75, 3.05) is 10.6 Å². The number of fused-ring (bicyclic) bond motifs is 3. The molecule has 3 aliphatic rings. The van der Waals surface area contributed by atoms with Crippen LogP contribution in [0.3, 0.4) is 0 Å². The van der Waals surface area contributed by atoms with E-state index in [1.54, 1.807) is 31.2 Å². The van der Waals surface area contributed by atoms with E-state index >= 15 is 0 Å². The van der Waals surface area contributed by atoms with Crippen LogP contribution in [-0.4, -0.2) is 19.6 Å². The smallest absolute Gasteiger partial charge is 0.336 e. The molecule has 2 saturated carbocycles. The van der Waals surface area contributed by atoms with Gasteiger partial charge in [0.15, 0.2) is 0 Å². The van der Waals surface area contributed by atoms with E-state index in [2.05, 4.69) is 10.6 Å². The van der Waals surface area contributed by atoms with E-state index in [0.717, 1.165) is 18.4 Å². The molecule has 0 radical (unpaired) electrons. The zero-order valence-electron chi connectivity index (χ0n) is 21.1. The van der Waals surface area contributed by atoms with Gasteiger partial charge in [0, 0.05) is 27.9 Å². The van der Waals surface area contributed by atoms with Crippen LogP contribution >= 0.6 is 22.6 Å². The van der Waals surface area contributed by atoms with E-state index in [-0.39, 0.29) is 39.9 Å². The van der Waals surface area contributed by atoms with Crippen molar-refractivity contribution in [3.05, 3.63) is 88.1 Å². The van der Waals surface area contributed by atoms with Crippen molar-refractivity contribution in [2.45, 2.75) is 44.1 Å². The summed E-state index contributed by atoms with van der Waals surface area (Å²) in [5, 5.41) is 6.02. The Labute approximate surface area is 234 Å². The van der Waals surface area contributed by atoms with Crippen LogP contribution in [0.15, 0.2) is 50.8 Å². The molecule has 0 unspecified atom stereocenters. The Bertz CT molecular complexity index is 1970. The van der Waals surface area contributed by atoms with Gasteiger partial charge in [-0.3, -0.25) is 28.1 Å². The topological polar surface area (TPSA) is 107 Å². The fourth-order valence-corrected chi connectivity index (χ4v) is 6.20. The molecule has 2 aromatic carbocycles. The van der Waals surface area contributed by atoms with E-state index in [1.165, 1.54) is 26.8 Å². The fraction of sp³-hybridized carbons (Fsp3) is 0.286. The van der Waals surface area contributed by atoms with E-state index in [0.29, 0.717) is 27.8 Å². The van der Waals surface area contributed by atoms with Crippen LogP contribution in [0, 0.1) is 16.3 Å². The zero-order chi connectivity index (χ0) is 27.4. The van der Waals surface area contributed by atoms with Gasteiger partial charge in [-0.1, -0.05) is 6.07 Å². The lowest BCUT2D eigenvalue weighted by atomic mass is 9.97. The summed E-state index contributed by atoms with van der Waals surface area (Å²) in [6, 6.07) is 9.67. The monoisotopic (exact) mass is 639 g/mol. The van der Waals surface area contributed by atoms with Gasteiger partial charge in [0.1, 0.15) is 17.0 Å². The predicted octanol–water partition coefficient (Wildman–Crippen LogP) is 3.97. The summed E-state index contributed by atoms with van der Waals surface area (Å²) in [7, 11) is 1.51. The number of anilines is 3.